The number of aromatic nitrogens is 2. The first-order valence-corrected chi connectivity index (χ1v) is 9.88. The number of hydrogen-bond acceptors (Lipinski definition) is 3. The summed E-state index contributed by atoms with van der Waals surface area (Å²) < 4.78 is 43.4. The molecule has 1 aromatic heterocycles. The maximum absolute atomic E-state index is 12.7. The van der Waals surface area contributed by atoms with Crippen LogP contribution in [0.5, 0.6) is 5.75 Å². The molecule has 3 rings (SSSR count). The summed E-state index contributed by atoms with van der Waals surface area (Å²) in [5.41, 5.74) is 2.59. The van der Waals surface area contributed by atoms with Gasteiger partial charge in [-0.15, -0.1) is 0 Å². The van der Waals surface area contributed by atoms with Crippen LogP contribution in [0.2, 0.25) is 10.0 Å². The Morgan fingerprint density at radius 1 is 1.13 bits per heavy atom. The number of carbonyl (C=O) groups is 1. The molecule has 0 fully saturated rings. The Morgan fingerprint density at radius 3 is 2.42 bits per heavy atom. The second-order valence-corrected chi connectivity index (χ2v) is 7.60. The second-order valence-electron chi connectivity index (χ2n) is 6.79. The molecule has 164 valence electrons. The molecule has 10 heteroatoms. The molecule has 0 radical (unpaired) electrons. The lowest BCUT2D eigenvalue weighted by Gasteiger charge is -2.11. The first kappa shape index (κ1) is 23.0. The number of amides is 1. The van der Waals surface area contributed by atoms with Crippen molar-refractivity contribution in [2.45, 2.75) is 26.6 Å². The minimum absolute atomic E-state index is 0.0533. The van der Waals surface area contributed by atoms with Crippen LogP contribution in [-0.2, 0) is 6.54 Å². The predicted octanol–water partition coefficient (Wildman–Crippen LogP) is 6.05. The van der Waals surface area contributed by atoms with E-state index in [0.29, 0.717) is 39.2 Å². The normalized spacial score (nSPS) is 11.5. The van der Waals surface area contributed by atoms with Crippen LogP contribution in [0.3, 0.4) is 0 Å². The molecule has 0 saturated carbocycles. The molecule has 0 unspecified atom stereocenters. The van der Waals surface area contributed by atoms with E-state index in [1.54, 1.807) is 36.7 Å². The van der Waals surface area contributed by atoms with Gasteiger partial charge in [-0.2, -0.15) is 18.3 Å². The molecular formula is C21H18Cl2F3N3O2. The van der Waals surface area contributed by atoms with Gasteiger partial charge in [0.1, 0.15) is 5.75 Å². The van der Waals surface area contributed by atoms with Gasteiger partial charge in [-0.05, 0) is 44.2 Å². The van der Waals surface area contributed by atoms with Gasteiger partial charge >= 0.3 is 6.18 Å². The number of nitrogens with zero attached hydrogens (tertiary/aromatic N) is 2. The van der Waals surface area contributed by atoms with Crippen LogP contribution in [0.4, 0.5) is 18.9 Å². The number of alkyl halides is 3. The van der Waals surface area contributed by atoms with Crippen LogP contribution in [0.25, 0.3) is 0 Å². The van der Waals surface area contributed by atoms with Crippen molar-refractivity contribution in [1.82, 2.24) is 9.78 Å². The largest absolute Gasteiger partial charge is 0.484 e. The molecule has 0 saturated heterocycles. The number of carbonyl (C=O) groups excluding carboxylic acids is 1. The average Bonchev–Trinajstić information content (AvgIpc) is 2.96. The SMILES string of the molecule is Cc1nn(Cc2c(Cl)cccc2Cl)c(C)c1NC(=O)c1cccc(OCC(F)(F)F)c1. The van der Waals surface area contributed by atoms with E-state index in [0.717, 1.165) is 0 Å². The first-order valence-electron chi connectivity index (χ1n) is 9.13. The molecule has 0 spiro atoms. The number of benzene rings is 2. The summed E-state index contributed by atoms with van der Waals surface area (Å²) in [4.78, 5) is 12.7. The Kier molecular flexibility index (Phi) is 6.81. The third kappa shape index (κ3) is 5.71. The van der Waals surface area contributed by atoms with Crippen LogP contribution in [0, 0.1) is 13.8 Å². The monoisotopic (exact) mass is 471 g/mol. The van der Waals surface area contributed by atoms with Gasteiger partial charge in [0.05, 0.1) is 23.6 Å². The highest BCUT2D eigenvalue weighted by molar-refractivity contribution is 6.36. The summed E-state index contributed by atoms with van der Waals surface area (Å²) in [6.45, 7) is 2.38. The van der Waals surface area contributed by atoms with Gasteiger partial charge in [-0.1, -0.05) is 35.3 Å². The van der Waals surface area contributed by atoms with E-state index >= 15 is 0 Å². The highest BCUT2D eigenvalue weighted by atomic mass is 35.5. The zero-order chi connectivity index (χ0) is 22.8. The number of anilines is 1. The maximum atomic E-state index is 12.7. The zero-order valence-corrected chi connectivity index (χ0v) is 18.1. The van der Waals surface area contributed by atoms with E-state index in [1.165, 1.54) is 24.3 Å². The van der Waals surface area contributed by atoms with Crippen LogP contribution in [0.15, 0.2) is 42.5 Å². The minimum atomic E-state index is -4.47. The number of nitrogens with one attached hydrogen (secondary N) is 1. The maximum Gasteiger partial charge on any atom is 0.422 e. The summed E-state index contributed by atoms with van der Waals surface area (Å²) in [6, 6.07) is 10.7. The Bertz CT molecular complexity index is 1090. The minimum Gasteiger partial charge on any atom is -0.484 e. The van der Waals surface area contributed by atoms with Gasteiger partial charge in [0, 0.05) is 21.2 Å². The topological polar surface area (TPSA) is 56.2 Å². The van der Waals surface area contributed by atoms with Gasteiger partial charge in [0.25, 0.3) is 5.91 Å². The fourth-order valence-electron chi connectivity index (χ4n) is 2.94. The van der Waals surface area contributed by atoms with Crippen LogP contribution < -0.4 is 10.1 Å². The number of halogens is 5. The summed E-state index contributed by atoms with van der Waals surface area (Å²) in [5, 5.41) is 8.21. The summed E-state index contributed by atoms with van der Waals surface area (Å²) in [5.74, 6) is -0.554. The standard InChI is InChI=1S/C21H18Cl2F3N3O2/c1-12-19(13(2)29(28-12)10-16-17(22)7-4-8-18(16)23)27-20(30)14-5-3-6-15(9-14)31-11-21(24,25)26/h3-9H,10-11H2,1-2H3,(H,27,30). The zero-order valence-electron chi connectivity index (χ0n) is 16.6. The lowest BCUT2D eigenvalue weighted by atomic mass is 10.2. The van der Waals surface area contributed by atoms with Crippen molar-refractivity contribution in [3.8, 4) is 5.75 Å². The molecule has 1 amide bonds. The molecule has 0 atom stereocenters. The van der Waals surface area contributed by atoms with Crippen molar-refractivity contribution in [2.75, 3.05) is 11.9 Å². The van der Waals surface area contributed by atoms with Crippen molar-refractivity contribution < 1.29 is 22.7 Å². The van der Waals surface area contributed by atoms with Crippen LogP contribution in [0.1, 0.15) is 27.3 Å². The van der Waals surface area contributed by atoms with Crippen molar-refractivity contribution >= 4 is 34.8 Å². The number of aryl methyl sites for hydroxylation is 1. The highest BCUT2D eigenvalue weighted by Crippen LogP contribution is 2.28. The fourth-order valence-corrected chi connectivity index (χ4v) is 3.46. The van der Waals surface area contributed by atoms with Crippen molar-refractivity contribution in [1.29, 1.82) is 0 Å². The highest BCUT2D eigenvalue weighted by Gasteiger charge is 2.28. The van der Waals surface area contributed by atoms with Crippen molar-refractivity contribution in [2.24, 2.45) is 0 Å². The fraction of sp³-hybridized carbons (Fsp3) is 0.238. The molecule has 2 aromatic carbocycles. The predicted molar refractivity (Wildman–Crippen MR) is 113 cm³/mol. The molecular weight excluding hydrogens is 454 g/mol. The van der Waals surface area contributed by atoms with Gasteiger partial charge in [0.2, 0.25) is 0 Å². The van der Waals surface area contributed by atoms with Gasteiger partial charge in [-0.3, -0.25) is 9.48 Å². The number of hydrogen-bond donors (Lipinski definition) is 1. The van der Waals surface area contributed by atoms with E-state index in [9.17, 15) is 18.0 Å². The average molecular weight is 472 g/mol. The van der Waals surface area contributed by atoms with E-state index < -0.39 is 18.7 Å². The Balaban J connectivity index is 1.78. The number of rotatable bonds is 6. The quantitative estimate of drug-likeness (QED) is 0.476. The Labute approximate surface area is 186 Å². The molecule has 5 nitrogen and oxygen atoms in total. The van der Waals surface area contributed by atoms with Crippen molar-refractivity contribution in [3.63, 3.8) is 0 Å². The number of ether oxygens (including phenoxy) is 1. The lowest BCUT2D eigenvalue weighted by Crippen LogP contribution is -2.19. The molecule has 3 aromatic rings. The van der Waals surface area contributed by atoms with E-state index in [4.69, 9.17) is 27.9 Å². The summed E-state index contributed by atoms with van der Waals surface area (Å²) >= 11 is 12.5. The van der Waals surface area contributed by atoms with Crippen molar-refractivity contribution in [3.05, 3.63) is 75.0 Å². The smallest absolute Gasteiger partial charge is 0.422 e. The Morgan fingerprint density at radius 2 is 1.77 bits per heavy atom. The summed E-state index contributed by atoms with van der Waals surface area (Å²) in [6.07, 6.45) is -4.47. The Hall–Kier alpha value is -2.71. The lowest BCUT2D eigenvalue weighted by molar-refractivity contribution is -0.153. The molecule has 0 aliphatic heterocycles. The van der Waals surface area contributed by atoms with Gasteiger partial charge < -0.3 is 10.1 Å². The van der Waals surface area contributed by atoms with E-state index in [-0.39, 0.29) is 11.3 Å². The molecule has 1 N–H and O–H groups in total. The molecule has 31 heavy (non-hydrogen) atoms. The summed E-state index contributed by atoms with van der Waals surface area (Å²) in [7, 11) is 0. The van der Waals surface area contributed by atoms with Crippen LogP contribution >= 0.6 is 23.2 Å². The molecule has 1 heterocycles. The first-order chi connectivity index (χ1) is 14.5. The van der Waals surface area contributed by atoms with Crippen LogP contribution in [-0.4, -0.2) is 28.5 Å². The molecule has 0 aliphatic carbocycles. The third-order valence-corrected chi connectivity index (χ3v) is 5.20. The molecule has 0 aliphatic rings. The molecule has 0 bridgehead atoms. The third-order valence-electron chi connectivity index (χ3n) is 4.49. The van der Waals surface area contributed by atoms with Gasteiger partial charge in [-0.25, -0.2) is 0 Å². The van der Waals surface area contributed by atoms with E-state index in [2.05, 4.69) is 10.4 Å². The van der Waals surface area contributed by atoms with E-state index in [1.807, 2.05) is 0 Å². The second kappa shape index (κ2) is 9.20. The van der Waals surface area contributed by atoms with Gasteiger partial charge in [0.15, 0.2) is 6.61 Å².